The van der Waals surface area contributed by atoms with E-state index in [2.05, 4.69) is 38.3 Å². The highest BCUT2D eigenvalue weighted by molar-refractivity contribution is 6.03. The molecule has 162 valence electrons. The average Bonchev–Trinajstić information content (AvgIpc) is 2.98. The molecule has 3 fully saturated rings. The van der Waals surface area contributed by atoms with Gasteiger partial charge in [0.2, 0.25) is 5.78 Å². The highest BCUT2D eigenvalue weighted by Gasteiger charge is 2.66. The Morgan fingerprint density at radius 1 is 1.20 bits per heavy atom. The first-order valence-corrected chi connectivity index (χ1v) is 11.4. The van der Waals surface area contributed by atoms with Gasteiger partial charge < -0.3 is 9.84 Å². The van der Waals surface area contributed by atoms with Crippen molar-refractivity contribution in [1.82, 2.24) is 0 Å². The summed E-state index contributed by atoms with van der Waals surface area (Å²) in [6.07, 6.45) is 10.9. The number of hydrogen-bond acceptors (Lipinski definition) is 4. The molecule has 0 aromatic carbocycles. The topological polar surface area (TPSA) is 63.6 Å². The van der Waals surface area contributed by atoms with Gasteiger partial charge in [0, 0.05) is 18.8 Å². The highest BCUT2D eigenvalue weighted by atomic mass is 16.5. The molecule has 4 aliphatic rings. The first kappa shape index (κ1) is 21.4. The van der Waals surface area contributed by atoms with E-state index >= 15 is 0 Å². The van der Waals surface area contributed by atoms with Crippen LogP contribution < -0.4 is 0 Å². The van der Waals surface area contributed by atoms with Gasteiger partial charge in [-0.05, 0) is 80.1 Å². The number of Topliss-reactive ketones (excluding diaryl/α,β-unsaturated/α-hetero) is 1. The van der Waals surface area contributed by atoms with E-state index in [1.165, 1.54) is 18.6 Å². The highest BCUT2D eigenvalue weighted by Crippen LogP contribution is 2.67. The second kappa shape index (κ2) is 7.38. The standard InChI is InChI=1S/C26H34O4/c1-5-6-7-23(28)26(29)15-12-22-20-9-8-18-16-19(30-17(2)27)10-13-24(18,3)21(20)11-14-25(22,26)4/h5,8,19-22,29H,1,9-16H2,2-4H3/t19-,20-,21+,22-,24+,25+,26+/m1/s1. The second-order valence-corrected chi connectivity index (χ2v) is 10.4. The summed E-state index contributed by atoms with van der Waals surface area (Å²) in [6, 6.07) is 0. The number of hydrogen-bond donors (Lipinski definition) is 1. The van der Waals surface area contributed by atoms with Gasteiger partial charge in [0.05, 0.1) is 0 Å². The second-order valence-electron chi connectivity index (χ2n) is 10.4. The molecular weight excluding hydrogens is 376 g/mol. The fraction of sp³-hybridized carbons (Fsp3) is 0.692. The Bertz CT molecular complexity index is 860. The minimum Gasteiger partial charge on any atom is -0.462 e. The molecule has 7 atom stereocenters. The lowest BCUT2D eigenvalue weighted by molar-refractivity contribution is -0.157. The van der Waals surface area contributed by atoms with Gasteiger partial charge in [-0.1, -0.05) is 38.0 Å². The summed E-state index contributed by atoms with van der Waals surface area (Å²) in [4.78, 5) is 24.3. The van der Waals surface area contributed by atoms with Crippen molar-refractivity contribution in [3.05, 3.63) is 24.3 Å². The average molecular weight is 411 g/mol. The third-order valence-corrected chi connectivity index (χ3v) is 9.21. The Kier molecular flexibility index (Phi) is 5.26. The Morgan fingerprint density at radius 3 is 2.63 bits per heavy atom. The molecule has 4 heteroatoms. The maximum absolute atomic E-state index is 12.8. The molecule has 0 aromatic heterocycles. The molecule has 4 rings (SSSR count). The lowest BCUT2D eigenvalue weighted by atomic mass is 9.46. The van der Waals surface area contributed by atoms with E-state index in [9.17, 15) is 14.7 Å². The van der Waals surface area contributed by atoms with Crippen LogP contribution in [0.25, 0.3) is 0 Å². The van der Waals surface area contributed by atoms with E-state index in [1.807, 2.05) is 0 Å². The number of carbonyl (C=O) groups excluding carboxylic acids is 2. The van der Waals surface area contributed by atoms with Crippen molar-refractivity contribution < 1.29 is 19.4 Å². The SMILES string of the molecule is C=CC#CC(=O)[C@@]1(O)CC[C@@H]2[C@@H]3CC=C4C[C@H](OC(C)=O)CC[C@]4(C)[C@H]3CC[C@@]21C. The van der Waals surface area contributed by atoms with Gasteiger partial charge in [-0.15, -0.1) is 0 Å². The molecule has 30 heavy (non-hydrogen) atoms. The predicted octanol–water partition coefficient (Wildman–Crippen LogP) is 4.37. The van der Waals surface area contributed by atoms with Crippen LogP contribution in [0.5, 0.6) is 0 Å². The summed E-state index contributed by atoms with van der Waals surface area (Å²) in [5, 5.41) is 11.5. The van der Waals surface area contributed by atoms with E-state index in [4.69, 9.17) is 4.74 Å². The van der Waals surface area contributed by atoms with Gasteiger partial charge in [-0.3, -0.25) is 9.59 Å². The minimum atomic E-state index is -1.35. The summed E-state index contributed by atoms with van der Waals surface area (Å²) in [6.45, 7) is 9.56. The predicted molar refractivity (Wildman–Crippen MR) is 115 cm³/mol. The molecular formula is C26H34O4. The van der Waals surface area contributed by atoms with Gasteiger partial charge in [0.1, 0.15) is 11.7 Å². The van der Waals surface area contributed by atoms with Gasteiger partial charge in [0.15, 0.2) is 0 Å². The van der Waals surface area contributed by atoms with Gasteiger partial charge >= 0.3 is 5.97 Å². The summed E-state index contributed by atoms with van der Waals surface area (Å²) in [5.74, 6) is 6.09. The van der Waals surface area contributed by atoms with Crippen LogP contribution in [0.4, 0.5) is 0 Å². The summed E-state index contributed by atoms with van der Waals surface area (Å²) < 4.78 is 5.52. The molecule has 0 aromatic rings. The third-order valence-electron chi connectivity index (χ3n) is 9.21. The minimum absolute atomic E-state index is 0.00450. The van der Waals surface area contributed by atoms with Gasteiger partial charge in [0.25, 0.3) is 0 Å². The van der Waals surface area contributed by atoms with Crippen LogP contribution >= 0.6 is 0 Å². The Labute approximate surface area is 180 Å². The van der Waals surface area contributed by atoms with Crippen LogP contribution in [0.3, 0.4) is 0 Å². The summed E-state index contributed by atoms with van der Waals surface area (Å²) in [7, 11) is 0. The van der Waals surface area contributed by atoms with E-state index in [0.29, 0.717) is 24.2 Å². The fourth-order valence-electron chi connectivity index (χ4n) is 7.57. The van der Waals surface area contributed by atoms with E-state index in [1.54, 1.807) is 0 Å². The maximum atomic E-state index is 12.8. The Balaban J connectivity index is 1.60. The molecule has 0 spiro atoms. The van der Waals surface area contributed by atoms with Gasteiger partial charge in [-0.25, -0.2) is 0 Å². The molecule has 4 aliphatic carbocycles. The number of esters is 1. The molecule has 0 amide bonds. The van der Waals surface area contributed by atoms with Crippen molar-refractivity contribution >= 4 is 11.8 Å². The number of allylic oxidation sites excluding steroid dienone is 2. The largest absolute Gasteiger partial charge is 0.462 e. The van der Waals surface area contributed by atoms with Crippen LogP contribution in [0.1, 0.15) is 72.1 Å². The van der Waals surface area contributed by atoms with Gasteiger partial charge in [-0.2, -0.15) is 0 Å². The zero-order valence-electron chi connectivity index (χ0n) is 18.5. The molecule has 0 bridgehead atoms. The quantitative estimate of drug-likeness (QED) is 0.318. The fourth-order valence-corrected chi connectivity index (χ4v) is 7.57. The Morgan fingerprint density at radius 2 is 1.93 bits per heavy atom. The van der Waals surface area contributed by atoms with Crippen LogP contribution in [0.2, 0.25) is 0 Å². The number of ether oxygens (including phenoxy) is 1. The lowest BCUT2D eigenvalue weighted by Crippen LogP contribution is -2.57. The lowest BCUT2D eigenvalue weighted by Gasteiger charge is -2.58. The van der Waals surface area contributed by atoms with Crippen molar-refractivity contribution in [2.75, 3.05) is 0 Å². The molecule has 0 radical (unpaired) electrons. The first-order chi connectivity index (χ1) is 14.2. The first-order valence-electron chi connectivity index (χ1n) is 11.4. The van der Waals surface area contributed by atoms with Crippen molar-refractivity contribution in [3.63, 3.8) is 0 Å². The van der Waals surface area contributed by atoms with Crippen LogP contribution in [-0.4, -0.2) is 28.6 Å². The normalized spacial score (nSPS) is 44.3. The molecule has 4 nitrogen and oxygen atoms in total. The zero-order chi connectivity index (χ0) is 21.7. The van der Waals surface area contributed by atoms with Crippen LogP contribution in [0.15, 0.2) is 24.3 Å². The van der Waals surface area contributed by atoms with Crippen LogP contribution in [0, 0.1) is 40.4 Å². The summed E-state index contributed by atoms with van der Waals surface area (Å²) in [5.41, 5.74) is -0.186. The Hall–Kier alpha value is -1.86. The van der Waals surface area contributed by atoms with Crippen molar-refractivity contribution in [3.8, 4) is 11.8 Å². The van der Waals surface area contributed by atoms with E-state index < -0.39 is 11.0 Å². The van der Waals surface area contributed by atoms with E-state index in [-0.39, 0.29) is 23.3 Å². The monoisotopic (exact) mass is 410 g/mol. The molecule has 3 saturated carbocycles. The summed E-state index contributed by atoms with van der Waals surface area (Å²) >= 11 is 0. The smallest absolute Gasteiger partial charge is 0.302 e. The molecule has 0 heterocycles. The number of ketones is 1. The van der Waals surface area contributed by atoms with Crippen LogP contribution in [-0.2, 0) is 14.3 Å². The van der Waals surface area contributed by atoms with Crippen molar-refractivity contribution in [2.24, 2.45) is 28.6 Å². The third kappa shape index (κ3) is 3.01. The van der Waals surface area contributed by atoms with E-state index in [0.717, 1.165) is 44.9 Å². The van der Waals surface area contributed by atoms with Crippen molar-refractivity contribution in [2.45, 2.75) is 83.8 Å². The zero-order valence-corrected chi connectivity index (χ0v) is 18.5. The molecule has 0 aliphatic heterocycles. The number of rotatable bonds is 2. The van der Waals surface area contributed by atoms with Crippen molar-refractivity contribution in [1.29, 1.82) is 0 Å². The number of aliphatic hydroxyl groups is 1. The molecule has 0 unspecified atom stereocenters. The number of carbonyl (C=O) groups is 2. The number of fused-ring (bicyclic) bond motifs is 5. The molecule has 1 N–H and O–H groups in total. The molecule has 0 saturated heterocycles. The maximum Gasteiger partial charge on any atom is 0.302 e.